The monoisotopic (exact) mass is 335 g/mol. The first kappa shape index (κ1) is 15.7. The van der Waals surface area contributed by atoms with Crippen molar-refractivity contribution < 1.29 is 4.79 Å². The van der Waals surface area contributed by atoms with Crippen LogP contribution in [0.5, 0.6) is 0 Å². The quantitative estimate of drug-likeness (QED) is 0.853. The lowest BCUT2D eigenvalue weighted by molar-refractivity contribution is -0.132. The van der Waals surface area contributed by atoms with Gasteiger partial charge in [-0.25, -0.2) is 4.98 Å². The van der Waals surface area contributed by atoms with Gasteiger partial charge in [-0.1, -0.05) is 34.8 Å². The minimum atomic E-state index is -0.407. The molecule has 20 heavy (non-hydrogen) atoms. The maximum Gasteiger partial charge on any atom is 0.244 e. The van der Waals surface area contributed by atoms with E-state index < -0.39 is 6.04 Å². The van der Waals surface area contributed by atoms with Gasteiger partial charge in [0.15, 0.2) is 0 Å². The summed E-state index contributed by atoms with van der Waals surface area (Å²) in [6.45, 7) is 3.41. The molecule has 1 unspecified atom stereocenters. The number of hydrogen-bond donors (Lipinski definition) is 1. The molecule has 0 aliphatic carbocycles. The molecule has 7 heteroatoms. The van der Waals surface area contributed by atoms with E-state index in [1.807, 2.05) is 4.90 Å². The summed E-state index contributed by atoms with van der Waals surface area (Å²) in [6.07, 6.45) is 3.31. The molecule has 110 valence electrons. The Kier molecular flexibility index (Phi) is 5.35. The Labute approximate surface area is 133 Å². The SMILES string of the molecule is CC(Nc1nc(Cl)c(Cl)cc1Cl)C(=O)N1CCCCC1. The van der Waals surface area contributed by atoms with Crippen molar-refractivity contribution in [3.05, 3.63) is 21.3 Å². The summed E-state index contributed by atoms with van der Waals surface area (Å²) in [6, 6.07) is 1.11. The van der Waals surface area contributed by atoms with E-state index in [-0.39, 0.29) is 16.1 Å². The highest BCUT2D eigenvalue weighted by molar-refractivity contribution is 6.42. The van der Waals surface area contributed by atoms with Gasteiger partial charge in [-0.15, -0.1) is 0 Å². The Morgan fingerprint density at radius 3 is 2.55 bits per heavy atom. The topological polar surface area (TPSA) is 45.2 Å². The number of nitrogens with zero attached hydrogens (tertiary/aromatic N) is 2. The standard InChI is InChI=1S/C13H16Cl3N3O/c1-8(13(20)19-5-3-2-4-6-19)17-12-10(15)7-9(14)11(16)18-12/h7-8H,2-6H2,1H3,(H,17,18). The predicted molar refractivity (Wildman–Crippen MR) is 82.8 cm³/mol. The number of carbonyl (C=O) groups excluding carboxylic acids is 1. The molecule has 4 nitrogen and oxygen atoms in total. The number of carbonyl (C=O) groups is 1. The van der Waals surface area contributed by atoms with E-state index in [0.29, 0.717) is 10.8 Å². The number of rotatable bonds is 3. The summed E-state index contributed by atoms with van der Waals surface area (Å²) in [5.74, 6) is 0.424. The van der Waals surface area contributed by atoms with Crippen molar-refractivity contribution >= 4 is 46.5 Å². The van der Waals surface area contributed by atoms with Crippen molar-refractivity contribution in [1.29, 1.82) is 0 Å². The molecule has 0 saturated carbocycles. The van der Waals surface area contributed by atoms with Gasteiger partial charge in [-0.05, 0) is 32.3 Å². The lowest BCUT2D eigenvalue weighted by atomic mass is 10.1. The fraction of sp³-hybridized carbons (Fsp3) is 0.538. The second-order valence-corrected chi connectivity index (χ2v) is 6.02. The first-order valence-corrected chi connectivity index (χ1v) is 7.69. The second kappa shape index (κ2) is 6.83. The summed E-state index contributed by atoms with van der Waals surface area (Å²) in [4.78, 5) is 18.2. The average Bonchev–Trinajstić information content (AvgIpc) is 2.44. The molecule has 2 rings (SSSR count). The minimum Gasteiger partial charge on any atom is -0.357 e. The number of hydrogen-bond acceptors (Lipinski definition) is 3. The number of aromatic nitrogens is 1. The van der Waals surface area contributed by atoms with Crippen molar-refractivity contribution in [3.63, 3.8) is 0 Å². The van der Waals surface area contributed by atoms with Gasteiger partial charge in [-0.3, -0.25) is 4.79 Å². The predicted octanol–water partition coefficient (Wildman–Crippen LogP) is 3.85. The highest BCUT2D eigenvalue weighted by atomic mass is 35.5. The van der Waals surface area contributed by atoms with Crippen LogP contribution in [0.1, 0.15) is 26.2 Å². The molecule has 1 aromatic heterocycles. The van der Waals surface area contributed by atoms with Crippen molar-refractivity contribution in [2.45, 2.75) is 32.2 Å². The van der Waals surface area contributed by atoms with Gasteiger partial charge < -0.3 is 10.2 Å². The molecule has 1 amide bonds. The first-order valence-electron chi connectivity index (χ1n) is 6.56. The van der Waals surface area contributed by atoms with Crippen molar-refractivity contribution in [1.82, 2.24) is 9.88 Å². The number of nitrogens with one attached hydrogen (secondary N) is 1. The van der Waals surface area contributed by atoms with Crippen LogP contribution < -0.4 is 5.32 Å². The molecule has 1 atom stereocenters. The van der Waals surface area contributed by atoms with E-state index >= 15 is 0 Å². The summed E-state index contributed by atoms with van der Waals surface area (Å²) in [7, 11) is 0. The zero-order chi connectivity index (χ0) is 14.7. The number of pyridine rings is 1. The van der Waals surface area contributed by atoms with Crippen molar-refractivity contribution in [2.24, 2.45) is 0 Å². The number of amides is 1. The minimum absolute atomic E-state index is 0.0497. The van der Waals surface area contributed by atoms with Crippen LogP contribution in [0.15, 0.2) is 6.07 Å². The van der Waals surface area contributed by atoms with E-state index in [1.54, 1.807) is 6.92 Å². The Morgan fingerprint density at radius 1 is 1.25 bits per heavy atom. The number of piperidine rings is 1. The smallest absolute Gasteiger partial charge is 0.244 e. The number of anilines is 1. The summed E-state index contributed by atoms with van der Waals surface area (Å²) >= 11 is 17.7. The zero-order valence-corrected chi connectivity index (χ0v) is 13.4. The van der Waals surface area contributed by atoms with E-state index in [4.69, 9.17) is 34.8 Å². The molecule has 0 aromatic carbocycles. The molecule has 0 spiro atoms. The molecule has 1 N–H and O–H groups in total. The Hall–Kier alpha value is -0.710. The lowest BCUT2D eigenvalue weighted by Gasteiger charge is -2.29. The van der Waals surface area contributed by atoms with Crippen LogP contribution in [-0.2, 0) is 4.79 Å². The highest BCUT2D eigenvalue weighted by Crippen LogP contribution is 2.29. The van der Waals surface area contributed by atoms with E-state index in [0.717, 1.165) is 25.9 Å². The molecule has 1 aliphatic rings. The molecule has 1 saturated heterocycles. The van der Waals surface area contributed by atoms with Gasteiger partial charge in [0.2, 0.25) is 5.91 Å². The third kappa shape index (κ3) is 3.68. The Morgan fingerprint density at radius 2 is 1.90 bits per heavy atom. The molecule has 0 bridgehead atoms. The Bertz CT molecular complexity index is 504. The molecule has 1 fully saturated rings. The van der Waals surface area contributed by atoms with E-state index in [9.17, 15) is 4.79 Å². The van der Waals surface area contributed by atoms with Gasteiger partial charge in [0.1, 0.15) is 17.0 Å². The van der Waals surface area contributed by atoms with E-state index in [2.05, 4.69) is 10.3 Å². The van der Waals surface area contributed by atoms with Crippen LogP contribution in [0.2, 0.25) is 15.2 Å². The van der Waals surface area contributed by atoms with Crippen molar-refractivity contribution in [2.75, 3.05) is 18.4 Å². The summed E-state index contributed by atoms with van der Waals surface area (Å²) < 4.78 is 0. The van der Waals surface area contributed by atoms with Gasteiger partial charge in [0.05, 0.1) is 10.0 Å². The largest absolute Gasteiger partial charge is 0.357 e. The molecular formula is C13H16Cl3N3O. The van der Waals surface area contributed by atoms with Crippen LogP contribution in [0.4, 0.5) is 5.82 Å². The number of likely N-dealkylation sites (tertiary alicyclic amines) is 1. The normalized spacial score (nSPS) is 16.9. The highest BCUT2D eigenvalue weighted by Gasteiger charge is 2.23. The zero-order valence-electron chi connectivity index (χ0n) is 11.1. The van der Waals surface area contributed by atoms with Crippen molar-refractivity contribution in [3.8, 4) is 0 Å². The molecule has 2 heterocycles. The second-order valence-electron chi connectivity index (χ2n) is 4.84. The van der Waals surface area contributed by atoms with Crippen LogP contribution in [0.25, 0.3) is 0 Å². The number of halogens is 3. The van der Waals surface area contributed by atoms with Crippen LogP contribution in [0.3, 0.4) is 0 Å². The maximum absolute atomic E-state index is 12.3. The van der Waals surface area contributed by atoms with Gasteiger partial charge in [0.25, 0.3) is 0 Å². The van der Waals surface area contributed by atoms with Crippen LogP contribution in [0, 0.1) is 0 Å². The first-order chi connectivity index (χ1) is 9.49. The molecule has 1 aliphatic heterocycles. The molecule has 0 radical (unpaired) electrons. The lowest BCUT2D eigenvalue weighted by Crippen LogP contribution is -2.44. The van der Waals surface area contributed by atoms with Gasteiger partial charge >= 0.3 is 0 Å². The third-order valence-corrected chi connectivity index (χ3v) is 4.24. The fourth-order valence-electron chi connectivity index (χ4n) is 2.20. The van der Waals surface area contributed by atoms with Gasteiger partial charge in [-0.2, -0.15) is 0 Å². The molecular weight excluding hydrogens is 321 g/mol. The average molecular weight is 337 g/mol. The fourth-order valence-corrected chi connectivity index (χ4v) is 2.75. The maximum atomic E-state index is 12.3. The summed E-state index contributed by atoms with van der Waals surface area (Å²) in [5.41, 5.74) is 0. The molecule has 1 aromatic rings. The van der Waals surface area contributed by atoms with Gasteiger partial charge in [0, 0.05) is 13.1 Å². The Balaban J connectivity index is 2.05. The van der Waals surface area contributed by atoms with Crippen LogP contribution >= 0.6 is 34.8 Å². The third-order valence-electron chi connectivity index (χ3n) is 3.28. The summed E-state index contributed by atoms with van der Waals surface area (Å²) in [5, 5.41) is 3.80. The van der Waals surface area contributed by atoms with E-state index in [1.165, 1.54) is 12.5 Å². The van der Waals surface area contributed by atoms with Crippen LogP contribution in [-0.4, -0.2) is 34.9 Å².